The van der Waals surface area contributed by atoms with Crippen LogP contribution in [0.25, 0.3) is 0 Å². The van der Waals surface area contributed by atoms with Crippen LogP contribution < -0.4 is 5.32 Å². The Labute approximate surface area is 120 Å². The Morgan fingerprint density at radius 2 is 2.11 bits per heavy atom. The van der Waals surface area contributed by atoms with Gasteiger partial charge in [0.2, 0.25) is 5.91 Å². The predicted octanol–water partition coefficient (Wildman–Crippen LogP) is 2.69. The third-order valence-corrected chi connectivity index (χ3v) is 3.69. The standard InChI is InChI=1S/C13H13Cl2NO3/c14-7-1-2-8(11(15)5-7)9-6-10(9)13(19)16-4-3-12(17)18/h1-2,5,9-10H,3-4,6H2,(H,16,19)(H,17,18)/t9-,10-/m1/s1. The topological polar surface area (TPSA) is 66.4 Å². The average Bonchev–Trinajstić information content (AvgIpc) is 3.08. The van der Waals surface area contributed by atoms with Gasteiger partial charge in [0.25, 0.3) is 0 Å². The van der Waals surface area contributed by atoms with Crippen LogP contribution in [0.1, 0.15) is 24.3 Å². The minimum absolute atomic E-state index is 0.0647. The second-order valence-electron chi connectivity index (χ2n) is 4.55. The number of carbonyl (C=O) groups is 2. The van der Waals surface area contributed by atoms with Gasteiger partial charge < -0.3 is 10.4 Å². The highest BCUT2D eigenvalue weighted by molar-refractivity contribution is 6.35. The van der Waals surface area contributed by atoms with E-state index in [0.717, 1.165) is 12.0 Å². The summed E-state index contributed by atoms with van der Waals surface area (Å²) in [6.45, 7) is 0.158. The lowest BCUT2D eigenvalue weighted by molar-refractivity contribution is -0.136. The van der Waals surface area contributed by atoms with Gasteiger partial charge in [-0.2, -0.15) is 0 Å². The normalized spacial score (nSPS) is 20.9. The summed E-state index contributed by atoms with van der Waals surface area (Å²) in [4.78, 5) is 22.1. The first kappa shape index (κ1) is 14.2. The van der Waals surface area contributed by atoms with Crippen molar-refractivity contribution >= 4 is 35.1 Å². The molecule has 1 amide bonds. The van der Waals surface area contributed by atoms with Crippen molar-refractivity contribution in [2.75, 3.05) is 6.54 Å². The van der Waals surface area contributed by atoms with Crippen LogP contribution in [-0.2, 0) is 9.59 Å². The van der Waals surface area contributed by atoms with Gasteiger partial charge in [0.15, 0.2) is 0 Å². The molecule has 0 saturated heterocycles. The Balaban J connectivity index is 1.89. The summed E-state index contributed by atoms with van der Waals surface area (Å²) < 4.78 is 0. The van der Waals surface area contributed by atoms with Gasteiger partial charge in [-0.05, 0) is 30.0 Å². The first-order valence-corrected chi connectivity index (χ1v) is 6.69. The van der Waals surface area contributed by atoms with Crippen LogP contribution in [0.2, 0.25) is 10.0 Å². The van der Waals surface area contributed by atoms with Crippen molar-refractivity contribution in [3.05, 3.63) is 33.8 Å². The quantitative estimate of drug-likeness (QED) is 0.879. The molecule has 1 aliphatic rings. The lowest BCUT2D eigenvalue weighted by atomic mass is 10.1. The van der Waals surface area contributed by atoms with E-state index in [2.05, 4.69) is 5.32 Å². The zero-order valence-corrected chi connectivity index (χ0v) is 11.5. The highest BCUT2D eigenvalue weighted by atomic mass is 35.5. The maximum atomic E-state index is 11.8. The number of benzene rings is 1. The molecule has 0 spiro atoms. The lowest BCUT2D eigenvalue weighted by Gasteiger charge is -2.05. The largest absolute Gasteiger partial charge is 0.481 e. The fraction of sp³-hybridized carbons (Fsp3) is 0.385. The highest BCUT2D eigenvalue weighted by Crippen LogP contribution is 2.49. The second-order valence-corrected chi connectivity index (χ2v) is 5.39. The molecule has 0 bridgehead atoms. The van der Waals surface area contributed by atoms with E-state index >= 15 is 0 Å². The number of carboxylic acids is 1. The summed E-state index contributed by atoms with van der Waals surface area (Å²) in [7, 11) is 0. The molecule has 1 aromatic carbocycles. The number of carboxylic acid groups (broad SMARTS) is 1. The number of rotatable bonds is 5. The van der Waals surface area contributed by atoms with Crippen molar-refractivity contribution in [2.24, 2.45) is 5.92 Å². The summed E-state index contributed by atoms with van der Waals surface area (Å²) in [6, 6.07) is 5.25. The molecule has 2 rings (SSSR count). The first-order valence-electron chi connectivity index (χ1n) is 5.93. The van der Waals surface area contributed by atoms with E-state index in [9.17, 15) is 9.59 Å². The molecule has 0 aliphatic heterocycles. The van der Waals surface area contributed by atoms with Crippen LogP contribution >= 0.6 is 23.2 Å². The molecule has 0 aromatic heterocycles. The molecular formula is C13H13Cl2NO3. The minimum atomic E-state index is -0.923. The predicted molar refractivity (Wildman–Crippen MR) is 72.6 cm³/mol. The zero-order valence-electron chi connectivity index (χ0n) is 10.0. The summed E-state index contributed by atoms with van der Waals surface area (Å²) in [6.07, 6.45) is 0.672. The van der Waals surface area contributed by atoms with Crippen molar-refractivity contribution in [1.82, 2.24) is 5.32 Å². The molecule has 1 saturated carbocycles. The molecule has 1 fully saturated rings. The number of nitrogens with one attached hydrogen (secondary N) is 1. The smallest absolute Gasteiger partial charge is 0.305 e. The molecule has 0 unspecified atom stereocenters. The van der Waals surface area contributed by atoms with E-state index in [-0.39, 0.29) is 30.7 Å². The fourth-order valence-electron chi connectivity index (χ4n) is 2.05. The molecule has 0 radical (unpaired) electrons. The summed E-state index contributed by atoms with van der Waals surface area (Å²) in [5.41, 5.74) is 0.921. The lowest BCUT2D eigenvalue weighted by Crippen LogP contribution is -2.27. The van der Waals surface area contributed by atoms with Gasteiger partial charge in [-0.3, -0.25) is 9.59 Å². The van der Waals surface area contributed by atoms with E-state index in [1.807, 2.05) is 6.07 Å². The van der Waals surface area contributed by atoms with Gasteiger partial charge >= 0.3 is 5.97 Å². The van der Waals surface area contributed by atoms with Crippen molar-refractivity contribution in [2.45, 2.75) is 18.8 Å². The highest BCUT2D eigenvalue weighted by Gasteiger charge is 2.44. The van der Waals surface area contributed by atoms with Gasteiger partial charge in [0.1, 0.15) is 0 Å². The minimum Gasteiger partial charge on any atom is -0.481 e. The van der Waals surface area contributed by atoms with Crippen LogP contribution in [0.15, 0.2) is 18.2 Å². The number of amides is 1. The third kappa shape index (κ3) is 3.61. The number of carbonyl (C=O) groups excluding carboxylic acids is 1. The fourth-order valence-corrected chi connectivity index (χ4v) is 2.60. The number of aliphatic carboxylic acids is 1. The average molecular weight is 302 g/mol. The van der Waals surface area contributed by atoms with E-state index in [0.29, 0.717) is 10.0 Å². The van der Waals surface area contributed by atoms with Crippen molar-refractivity contribution < 1.29 is 14.7 Å². The van der Waals surface area contributed by atoms with Gasteiger partial charge in [0.05, 0.1) is 6.42 Å². The molecule has 2 N–H and O–H groups in total. The monoisotopic (exact) mass is 301 g/mol. The maximum absolute atomic E-state index is 11.8. The van der Waals surface area contributed by atoms with Crippen LogP contribution in [0.5, 0.6) is 0 Å². The second kappa shape index (κ2) is 5.80. The van der Waals surface area contributed by atoms with E-state index in [1.54, 1.807) is 12.1 Å². The van der Waals surface area contributed by atoms with Crippen molar-refractivity contribution in [3.8, 4) is 0 Å². The molecule has 6 heteroatoms. The van der Waals surface area contributed by atoms with Crippen LogP contribution in [0.4, 0.5) is 0 Å². The maximum Gasteiger partial charge on any atom is 0.305 e. The molecule has 1 aromatic rings. The first-order chi connectivity index (χ1) is 8.99. The molecule has 0 heterocycles. The van der Waals surface area contributed by atoms with Crippen LogP contribution in [0, 0.1) is 5.92 Å². The Kier molecular flexibility index (Phi) is 4.32. The van der Waals surface area contributed by atoms with E-state index in [4.69, 9.17) is 28.3 Å². The van der Waals surface area contributed by atoms with E-state index in [1.165, 1.54) is 0 Å². The number of hydrogen-bond acceptors (Lipinski definition) is 2. The number of halogens is 2. The van der Waals surface area contributed by atoms with Gasteiger partial charge in [-0.1, -0.05) is 29.3 Å². The molecule has 4 nitrogen and oxygen atoms in total. The molecule has 1 aliphatic carbocycles. The van der Waals surface area contributed by atoms with Gasteiger partial charge in [0, 0.05) is 22.5 Å². The van der Waals surface area contributed by atoms with Crippen molar-refractivity contribution in [1.29, 1.82) is 0 Å². The zero-order chi connectivity index (χ0) is 14.0. The van der Waals surface area contributed by atoms with Crippen molar-refractivity contribution in [3.63, 3.8) is 0 Å². The van der Waals surface area contributed by atoms with Gasteiger partial charge in [-0.25, -0.2) is 0 Å². The Morgan fingerprint density at radius 3 is 2.74 bits per heavy atom. The summed E-state index contributed by atoms with van der Waals surface area (Å²) in [5, 5.41) is 12.2. The molecule has 2 atom stereocenters. The van der Waals surface area contributed by atoms with Gasteiger partial charge in [-0.15, -0.1) is 0 Å². The molecule has 19 heavy (non-hydrogen) atoms. The number of hydrogen-bond donors (Lipinski definition) is 2. The summed E-state index contributed by atoms with van der Waals surface area (Å²) >= 11 is 11.9. The molecular weight excluding hydrogens is 289 g/mol. The Hall–Kier alpha value is -1.26. The van der Waals surface area contributed by atoms with Crippen LogP contribution in [0.3, 0.4) is 0 Å². The SMILES string of the molecule is O=C(O)CCNC(=O)[C@@H]1C[C@@H]1c1ccc(Cl)cc1Cl. The Morgan fingerprint density at radius 1 is 1.37 bits per heavy atom. The van der Waals surface area contributed by atoms with E-state index < -0.39 is 5.97 Å². The Bertz CT molecular complexity index is 519. The third-order valence-electron chi connectivity index (χ3n) is 3.13. The molecule has 102 valence electrons. The van der Waals surface area contributed by atoms with Crippen LogP contribution in [-0.4, -0.2) is 23.5 Å². The summed E-state index contributed by atoms with van der Waals surface area (Å²) in [5.74, 6) is -1.05.